The van der Waals surface area contributed by atoms with Crippen LogP contribution >= 0.6 is 21.6 Å². The maximum absolute atomic E-state index is 14.8. The highest BCUT2D eigenvalue weighted by molar-refractivity contribution is 8.76. The maximum Gasteiger partial charge on any atom is 0.187 e. The van der Waals surface area contributed by atoms with Crippen molar-refractivity contribution in [2.24, 2.45) is 35.0 Å². The van der Waals surface area contributed by atoms with Gasteiger partial charge in [-0.3, -0.25) is 14.9 Å². The second-order valence-corrected chi connectivity index (χ2v) is 16.9. The number of Topliss-reactive ketones (excluding diaryl/α,β-unsaturated/α-hetero) is 2. The summed E-state index contributed by atoms with van der Waals surface area (Å²) in [6, 6.07) is 0. The van der Waals surface area contributed by atoms with Gasteiger partial charge in [-0.25, -0.2) is 0 Å². The van der Waals surface area contributed by atoms with E-state index < -0.39 is 71.5 Å². The number of allylic oxidation sites excluding steroid dienone is 4. The van der Waals surface area contributed by atoms with E-state index in [0.29, 0.717) is 38.0 Å². The molecule has 4 aliphatic carbocycles. The molecule has 3 saturated carbocycles. The van der Waals surface area contributed by atoms with Crippen LogP contribution in [0.4, 0.5) is 0 Å². The van der Waals surface area contributed by atoms with Crippen molar-refractivity contribution in [3.63, 3.8) is 0 Å². The molecular formula is C32H46N2O9S2. The number of rotatable bonds is 1. The van der Waals surface area contributed by atoms with Crippen LogP contribution < -0.4 is 10.6 Å². The summed E-state index contributed by atoms with van der Waals surface area (Å²) in [6.45, 7) is 2.02. The maximum atomic E-state index is 14.8. The monoisotopic (exact) mass is 666 g/mol. The number of aliphatic hydroxyl groups excluding tert-OH is 4. The molecule has 6 fully saturated rings. The Morgan fingerprint density at radius 2 is 1.91 bits per heavy atom. The SMILES string of the molecule is CC1=C[C@H]2C(=O)C3CCCC4O[C@@H]5O[C@]6(CO)CC[C@@H](CC7CCNC(C7)NCSSC[C@@]2(C(=O)C43)C(O)=C1)[C@](O)([C@@H]6O)[C@H]5O. The number of ketones is 2. The normalized spacial score (nSPS) is 50.5. The number of carbonyl (C=O) groups is 2. The molecule has 0 amide bonds. The quantitative estimate of drug-likeness (QED) is 0.201. The van der Waals surface area contributed by atoms with Crippen molar-refractivity contribution in [1.29, 1.82) is 0 Å². The Bertz CT molecular complexity index is 1270. The number of ether oxygens (including phenoxy) is 2. The number of fused-ring (bicyclic) bond motifs is 4. The summed E-state index contributed by atoms with van der Waals surface area (Å²) in [7, 11) is 3.02. The first-order valence-corrected chi connectivity index (χ1v) is 19.0. The first kappa shape index (κ1) is 32.5. The van der Waals surface area contributed by atoms with Gasteiger partial charge >= 0.3 is 0 Å². The molecule has 7 bridgehead atoms. The molecule has 7 aliphatic rings. The number of carbonyl (C=O) groups excluding carboxylic acids is 2. The second-order valence-electron chi connectivity index (χ2n) is 14.4. The molecule has 3 heterocycles. The van der Waals surface area contributed by atoms with Crippen molar-refractivity contribution in [1.82, 2.24) is 10.6 Å². The van der Waals surface area contributed by atoms with Gasteiger partial charge < -0.3 is 40.3 Å². The second kappa shape index (κ2) is 12.2. The van der Waals surface area contributed by atoms with Crippen LogP contribution in [0.5, 0.6) is 0 Å². The summed E-state index contributed by atoms with van der Waals surface area (Å²) in [5, 5.41) is 64.6. The zero-order chi connectivity index (χ0) is 31.7. The topological polar surface area (TPSA) is 178 Å². The highest BCUT2D eigenvalue weighted by Crippen LogP contribution is 2.57. The van der Waals surface area contributed by atoms with E-state index in [4.69, 9.17) is 9.47 Å². The lowest BCUT2D eigenvalue weighted by Crippen LogP contribution is -2.78. The van der Waals surface area contributed by atoms with Crippen LogP contribution in [0.3, 0.4) is 0 Å². The van der Waals surface area contributed by atoms with Crippen molar-refractivity contribution in [2.75, 3.05) is 24.8 Å². The molecule has 3 saturated heterocycles. The van der Waals surface area contributed by atoms with Crippen LogP contribution in [0.2, 0.25) is 0 Å². The summed E-state index contributed by atoms with van der Waals surface area (Å²) in [6.07, 6.45) is 2.53. The van der Waals surface area contributed by atoms with E-state index in [1.807, 2.05) is 13.0 Å². The molecule has 5 unspecified atom stereocenters. The zero-order valence-corrected chi connectivity index (χ0v) is 27.2. The summed E-state index contributed by atoms with van der Waals surface area (Å²) < 4.78 is 12.7. The van der Waals surface area contributed by atoms with Crippen LogP contribution in [-0.2, 0) is 19.1 Å². The molecule has 0 aromatic heterocycles. The fraction of sp³-hybridized carbons (Fsp3) is 0.812. The van der Waals surface area contributed by atoms with Crippen molar-refractivity contribution in [3.8, 4) is 0 Å². The number of piperidine rings is 1. The van der Waals surface area contributed by atoms with E-state index in [0.717, 1.165) is 25.0 Å². The van der Waals surface area contributed by atoms with E-state index in [9.17, 15) is 35.1 Å². The summed E-state index contributed by atoms with van der Waals surface area (Å²) in [5.74, 6) is -2.18. The smallest absolute Gasteiger partial charge is 0.187 e. The molecule has 13 atom stereocenters. The van der Waals surface area contributed by atoms with Crippen LogP contribution in [0.15, 0.2) is 23.5 Å². The molecule has 3 aliphatic heterocycles. The van der Waals surface area contributed by atoms with Crippen molar-refractivity contribution in [3.05, 3.63) is 23.5 Å². The van der Waals surface area contributed by atoms with Crippen LogP contribution in [0.1, 0.15) is 58.3 Å². The number of aliphatic hydroxyl groups is 5. The van der Waals surface area contributed by atoms with Crippen LogP contribution in [-0.4, -0.2) is 104 Å². The average Bonchev–Trinajstić information content (AvgIpc) is 3.02. The lowest BCUT2D eigenvalue weighted by atomic mass is 9.53. The molecule has 0 aromatic rings. The van der Waals surface area contributed by atoms with Gasteiger partial charge in [-0.05, 0) is 76.3 Å². The first-order chi connectivity index (χ1) is 21.5. The van der Waals surface area contributed by atoms with E-state index in [1.165, 1.54) is 10.8 Å². The Hall–Kier alpha value is -1.00. The molecule has 0 aromatic carbocycles. The van der Waals surface area contributed by atoms with Gasteiger partial charge in [-0.2, -0.15) is 0 Å². The Morgan fingerprint density at radius 3 is 2.71 bits per heavy atom. The lowest BCUT2D eigenvalue weighted by Gasteiger charge is -2.61. The van der Waals surface area contributed by atoms with Gasteiger partial charge in [-0.15, -0.1) is 0 Å². The van der Waals surface area contributed by atoms with Gasteiger partial charge in [-0.1, -0.05) is 39.7 Å². The Balaban J connectivity index is 1.29. The number of hydrogen-bond acceptors (Lipinski definition) is 13. The third-order valence-corrected chi connectivity index (χ3v) is 14.3. The molecule has 1 spiro atoms. The fourth-order valence-corrected chi connectivity index (χ4v) is 12.0. The Kier molecular flexibility index (Phi) is 8.79. The third-order valence-electron chi connectivity index (χ3n) is 12.1. The third kappa shape index (κ3) is 5.02. The largest absolute Gasteiger partial charge is 0.511 e. The minimum atomic E-state index is -2.00. The van der Waals surface area contributed by atoms with E-state index in [-0.39, 0.29) is 41.6 Å². The van der Waals surface area contributed by atoms with Crippen LogP contribution in [0, 0.1) is 35.0 Å². The molecule has 7 N–H and O–H groups in total. The lowest BCUT2D eigenvalue weighted by molar-refractivity contribution is -0.398. The number of nitrogens with one attached hydrogen (secondary N) is 2. The molecule has 45 heavy (non-hydrogen) atoms. The van der Waals surface area contributed by atoms with Crippen LogP contribution in [0.25, 0.3) is 0 Å². The Labute approximate surface area is 271 Å². The Morgan fingerprint density at radius 1 is 1.09 bits per heavy atom. The molecule has 13 heteroatoms. The van der Waals surface area contributed by atoms with Gasteiger partial charge in [0.05, 0.1) is 36.6 Å². The zero-order valence-electron chi connectivity index (χ0n) is 25.6. The van der Waals surface area contributed by atoms with Gasteiger partial charge in [0.1, 0.15) is 40.4 Å². The summed E-state index contributed by atoms with van der Waals surface area (Å²) in [5.41, 5.74) is -4.25. The molecule has 250 valence electrons. The van der Waals surface area contributed by atoms with E-state index in [1.54, 1.807) is 16.9 Å². The van der Waals surface area contributed by atoms with Crippen molar-refractivity contribution < 1.29 is 44.6 Å². The van der Waals surface area contributed by atoms with Crippen molar-refractivity contribution >= 4 is 33.2 Å². The summed E-state index contributed by atoms with van der Waals surface area (Å²) in [4.78, 5) is 29.0. The predicted octanol–water partition coefficient (Wildman–Crippen LogP) is 1.55. The highest BCUT2D eigenvalue weighted by atomic mass is 33.1. The number of hydrogen-bond donors (Lipinski definition) is 7. The molecule has 11 nitrogen and oxygen atoms in total. The highest BCUT2D eigenvalue weighted by Gasteiger charge is 2.69. The summed E-state index contributed by atoms with van der Waals surface area (Å²) >= 11 is 0. The van der Waals surface area contributed by atoms with E-state index >= 15 is 0 Å². The molecule has 0 radical (unpaired) electrons. The fourth-order valence-electron chi connectivity index (χ4n) is 9.64. The van der Waals surface area contributed by atoms with Crippen molar-refractivity contribution in [2.45, 2.75) is 100 Å². The van der Waals surface area contributed by atoms with E-state index in [2.05, 4.69) is 10.6 Å². The average molecular weight is 667 g/mol. The molecule has 7 rings (SSSR count). The van der Waals surface area contributed by atoms with Gasteiger partial charge in [0.15, 0.2) is 12.1 Å². The first-order valence-electron chi connectivity index (χ1n) is 16.5. The minimum absolute atomic E-state index is 0.0206. The predicted molar refractivity (Wildman–Crippen MR) is 168 cm³/mol. The van der Waals surface area contributed by atoms with Gasteiger partial charge in [0.2, 0.25) is 0 Å². The standard InChI is InChI=1S/C32H46N2O9S2/c1-16-9-20-25(37)19-3-2-4-21-24(19)26(38)31(20,22(36)10-16)14-44-45-15-34-23-12-17(6-8-33-23)11-18-5-7-30(13-35)29(40)32(18,41)27(39)28(42-21)43-30/h9-10,17-21,23-24,27-29,33-36,39-41H,2-8,11-15H2,1H3/t17?,18-,19?,20-,21?,23?,24?,27-,28+,29+,30-,31-,32+/m0/s1. The minimum Gasteiger partial charge on any atom is -0.511 e. The van der Waals surface area contributed by atoms with Gasteiger partial charge in [0, 0.05) is 11.7 Å². The molecular weight excluding hydrogens is 620 g/mol. The van der Waals surface area contributed by atoms with Gasteiger partial charge in [0.25, 0.3) is 0 Å².